The van der Waals surface area contributed by atoms with Gasteiger partial charge in [-0.3, -0.25) is 4.79 Å². The van der Waals surface area contributed by atoms with E-state index in [0.29, 0.717) is 25.9 Å². The van der Waals surface area contributed by atoms with Crippen molar-refractivity contribution in [1.29, 1.82) is 0 Å². The Morgan fingerprint density at radius 1 is 1.20 bits per heavy atom. The van der Waals surface area contributed by atoms with Gasteiger partial charge in [-0.1, -0.05) is 29.4 Å². The lowest BCUT2D eigenvalue weighted by Gasteiger charge is -2.25. The van der Waals surface area contributed by atoms with Crippen LogP contribution in [-0.4, -0.2) is 34.9 Å². The summed E-state index contributed by atoms with van der Waals surface area (Å²) in [6, 6.07) is 8.32. The summed E-state index contributed by atoms with van der Waals surface area (Å²) in [5, 5.41) is 11.9. The zero-order valence-electron chi connectivity index (χ0n) is 11.4. The van der Waals surface area contributed by atoms with Crippen LogP contribution in [-0.2, 0) is 17.6 Å². The minimum Gasteiger partial charge on any atom is -0.409 e. The van der Waals surface area contributed by atoms with Crippen LogP contribution in [0.1, 0.15) is 24.0 Å². The summed E-state index contributed by atoms with van der Waals surface area (Å²) >= 11 is 0. The second kappa shape index (κ2) is 4.81. The van der Waals surface area contributed by atoms with Gasteiger partial charge in [-0.15, -0.1) is 0 Å². The van der Waals surface area contributed by atoms with Crippen molar-refractivity contribution in [2.75, 3.05) is 13.1 Å². The zero-order chi connectivity index (χ0) is 14.2. The average Bonchev–Trinajstić information content (AvgIpc) is 3.30. The maximum atomic E-state index is 12.6. The van der Waals surface area contributed by atoms with Crippen molar-refractivity contribution < 1.29 is 10.0 Å². The SMILES string of the molecule is N/C(=N/O)C1(C(=O)N2CCc3ccccc3CC2)CC1. The molecule has 0 unspecified atom stereocenters. The molecule has 2 aliphatic rings. The molecule has 3 N–H and O–H groups in total. The predicted molar refractivity (Wildman–Crippen MR) is 75.5 cm³/mol. The number of nitrogens with two attached hydrogens (primary N) is 1. The molecule has 0 atom stereocenters. The number of hydrogen-bond acceptors (Lipinski definition) is 3. The fraction of sp³-hybridized carbons (Fsp3) is 0.467. The van der Waals surface area contributed by atoms with Crippen LogP contribution in [0.25, 0.3) is 0 Å². The first-order chi connectivity index (χ1) is 9.67. The van der Waals surface area contributed by atoms with Crippen LogP contribution in [0.2, 0.25) is 0 Å². The van der Waals surface area contributed by atoms with E-state index in [1.54, 1.807) is 0 Å². The van der Waals surface area contributed by atoms with Crippen molar-refractivity contribution >= 4 is 11.7 Å². The first-order valence-electron chi connectivity index (χ1n) is 7.01. The molecule has 106 valence electrons. The van der Waals surface area contributed by atoms with E-state index in [4.69, 9.17) is 10.9 Å². The Labute approximate surface area is 118 Å². The van der Waals surface area contributed by atoms with Gasteiger partial charge in [0.25, 0.3) is 0 Å². The molecule has 0 radical (unpaired) electrons. The molecule has 0 aromatic heterocycles. The first kappa shape index (κ1) is 13.0. The van der Waals surface area contributed by atoms with Gasteiger partial charge in [-0.2, -0.15) is 0 Å². The summed E-state index contributed by atoms with van der Waals surface area (Å²) in [5.74, 6) is 0.0740. The topological polar surface area (TPSA) is 78.9 Å². The Morgan fingerprint density at radius 2 is 1.75 bits per heavy atom. The van der Waals surface area contributed by atoms with Gasteiger partial charge >= 0.3 is 0 Å². The van der Waals surface area contributed by atoms with E-state index < -0.39 is 5.41 Å². The molecule has 1 fully saturated rings. The summed E-state index contributed by atoms with van der Waals surface area (Å²) < 4.78 is 0. The highest BCUT2D eigenvalue weighted by atomic mass is 16.4. The number of rotatable bonds is 2. The van der Waals surface area contributed by atoms with E-state index >= 15 is 0 Å². The van der Waals surface area contributed by atoms with Crippen molar-refractivity contribution in [2.24, 2.45) is 16.3 Å². The Balaban J connectivity index is 1.76. The molecule has 1 aliphatic heterocycles. The second-order valence-electron chi connectivity index (χ2n) is 5.63. The van der Waals surface area contributed by atoms with E-state index in [1.165, 1.54) is 11.1 Å². The predicted octanol–water partition coefficient (Wildman–Crippen LogP) is 1.14. The third-order valence-electron chi connectivity index (χ3n) is 4.47. The van der Waals surface area contributed by atoms with E-state index in [0.717, 1.165) is 12.8 Å². The van der Waals surface area contributed by atoms with Gasteiger partial charge in [-0.25, -0.2) is 0 Å². The normalized spacial score (nSPS) is 21.0. The molecule has 0 saturated heterocycles. The van der Waals surface area contributed by atoms with Gasteiger partial charge in [0.05, 0.1) is 0 Å². The van der Waals surface area contributed by atoms with Crippen LogP contribution >= 0.6 is 0 Å². The Hall–Kier alpha value is -2.04. The van der Waals surface area contributed by atoms with Crippen molar-refractivity contribution in [2.45, 2.75) is 25.7 Å². The fourth-order valence-corrected chi connectivity index (χ4v) is 2.97. The van der Waals surface area contributed by atoms with Crippen LogP contribution < -0.4 is 5.73 Å². The summed E-state index contributed by atoms with van der Waals surface area (Å²) in [7, 11) is 0. The molecule has 1 saturated carbocycles. The maximum absolute atomic E-state index is 12.6. The van der Waals surface area contributed by atoms with Crippen molar-refractivity contribution in [1.82, 2.24) is 4.90 Å². The lowest BCUT2D eigenvalue weighted by Crippen LogP contribution is -2.44. The largest absolute Gasteiger partial charge is 0.409 e. The second-order valence-corrected chi connectivity index (χ2v) is 5.63. The number of carbonyl (C=O) groups excluding carboxylic acids is 1. The van der Waals surface area contributed by atoms with Gasteiger partial charge in [0, 0.05) is 13.1 Å². The number of amides is 1. The van der Waals surface area contributed by atoms with E-state index in [2.05, 4.69) is 17.3 Å². The standard InChI is InChI=1S/C15H19N3O2/c16-13(17-20)15(7-8-15)14(19)18-9-5-11-3-1-2-4-12(11)6-10-18/h1-4,20H,5-10H2,(H2,16,17). The Bertz CT molecular complexity index is 537. The molecule has 0 spiro atoms. The number of nitrogens with zero attached hydrogens (tertiary/aromatic N) is 2. The van der Waals surface area contributed by atoms with Crippen LogP contribution in [0.15, 0.2) is 29.4 Å². The highest BCUT2D eigenvalue weighted by Gasteiger charge is 2.55. The van der Waals surface area contributed by atoms with Gasteiger partial charge in [0.1, 0.15) is 5.41 Å². The number of benzene rings is 1. The number of oxime groups is 1. The zero-order valence-corrected chi connectivity index (χ0v) is 11.4. The van der Waals surface area contributed by atoms with Gasteiger partial charge < -0.3 is 15.8 Å². The van der Waals surface area contributed by atoms with Crippen LogP contribution in [0.4, 0.5) is 0 Å². The molecule has 1 aromatic carbocycles. The maximum Gasteiger partial charge on any atom is 0.236 e. The highest BCUT2D eigenvalue weighted by molar-refractivity contribution is 6.09. The third-order valence-corrected chi connectivity index (χ3v) is 4.47. The lowest BCUT2D eigenvalue weighted by molar-refractivity contribution is -0.134. The molecule has 5 heteroatoms. The van der Waals surface area contributed by atoms with Crippen molar-refractivity contribution in [3.63, 3.8) is 0 Å². The molecule has 1 amide bonds. The summed E-state index contributed by atoms with van der Waals surface area (Å²) in [6.45, 7) is 1.41. The number of hydrogen-bond donors (Lipinski definition) is 2. The van der Waals surface area contributed by atoms with E-state index in [1.807, 2.05) is 17.0 Å². The Kier molecular flexibility index (Phi) is 3.12. The molecule has 1 heterocycles. The monoisotopic (exact) mass is 273 g/mol. The minimum absolute atomic E-state index is 0.0145. The van der Waals surface area contributed by atoms with Gasteiger partial charge in [0.15, 0.2) is 5.84 Å². The van der Waals surface area contributed by atoms with Crippen molar-refractivity contribution in [3.8, 4) is 0 Å². The summed E-state index contributed by atoms with van der Waals surface area (Å²) in [4.78, 5) is 14.5. The molecule has 5 nitrogen and oxygen atoms in total. The highest BCUT2D eigenvalue weighted by Crippen LogP contribution is 2.47. The molecular formula is C15H19N3O2. The fourth-order valence-electron chi connectivity index (χ4n) is 2.97. The molecule has 3 rings (SSSR count). The quantitative estimate of drug-likeness (QED) is 0.367. The van der Waals surface area contributed by atoms with Crippen molar-refractivity contribution in [3.05, 3.63) is 35.4 Å². The van der Waals surface area contributed by atoms with Crippen LogP contribution in [0.3, 0.4) is 0 Å². The Morgan fingerprint density at radius 3 is 2.20 bits per heavy atom. The molecule has 0 bridgehead atoms. The molecular weight excluding hydrogens is 254 g/mol. The van der Waals surface area contributed by atoms with Crippen LogP contribution in [0.5, 0.6) is 0 Å². The number of fused-ring (bicyclic) bond motifs is 1. The lowest BCUT2D eigenvalue weighted by atomic mass is 10.0. The summed E-state index contributed by atoms with van der Waals surface area (Å²) in [6.07, 6.45) is 3.11. The molecule has 20 heavy (non-hydrogen) atoms. The number of amidine groups is 1. The average molecular weight is 273 g/mol. The van der Waals surface area contributed by atoms with E-state index in [9.17, 15) is 4.79 Å². The third kappa shape index (κ3) is 2.03. The number of carbonyl (C=O) groups is 1. The van der Waals surface area contributed by atoms with E-state index in [-0.39, 0.29) is 11.7 Å². The first-order valence-corrected chi connectivity index (χ1v) is 7.01. The van der Waals surface area contributed by atoms with Crippen LogP contribution in [0, 0.1) is 5.41 Å². The molecule has 1 aromatic rings. The summed E-state index contributed by atoms with van der Waals surface area (Å²) in [5.41, 5.74) is 7.60. The minimum atomic E-state index is -0.731. The smallest absolute Gasteiger partial charge is 0.236 e. The van der Waals surface area contributed by atoms with Gasteiger partial charge in [0.2, 0.25) is 5.91 Å². The molecule has 1 aliphatic carbocycles. The van der Waals surface area contributed by atoms with Gasteiger partial charge in [-0.05, 0) is 36.8 Å².